The minimum Gasteiger partial charge on any atom is -0.478 e. The lowest BCUT2D eigenvalue weighted by atomic mass is 10.2. The molecule has 0 amide bonds. The SMILES string of the molecule is O=C(O)c1ccc(NS(=O)(=O)NCC(F)(F)F)c(Br)c1. The lowest BCUT2D eigenvalue weighted by Crippen LogP contribution is -2.37. The van der Waals surface area contributed by atoms with Crippen LogP contribution in [0.4, 0.5) is 18.9 Å². The van der Waals surface area contributed by atoms with E-state index in [9.17, 15) is 26.4 Å². The van der Waals surface area contributed by atoms with E-state index in [1.807, 2.05) is 4.72 Å². The quantitative estimate of drug-likeness (QED) is 0.731. The Kier molecular flexibility index (Phi) is 5.00. The molecule has 0 aliphatic carbocycles. The number of benzene rings is 1. The van der Waals surface area contributed by atoms with Crippen molar-refractivity contribution in [3.8, 4) is 0 Å². The van der Waals surface area contributed by atoms with E-state index in [2.05, 4.69) is 15.9 Å². The summed E-state index contributed by atoms with van der Waals surface area (Å²) in [5.74, 6) is -1.23. The molecule has 1 rings (SSSR count). The number of anilines is 1. The van der Waals surface area contributed by atoms with E-state index < -0.39 is 28.9 Å². The van der Waals surface area contributed by atoms with E-state index >= 15 is 0 Å². The van der Waals surface area contributed by atoms with Crippen molar-refractivity contribution in [3.63, 3.8) is 0 Å². The molecule has 0 aliphatic heterocycles. The summed E-state index contributed by atoms with van der Waals surface area (Å²) in [6, 6.07) is 3.33. The number of halogens is 4. The van der Waals surface area contributed by atoms with Crippen LogP contribution in [0.3, 0.4) is 0 Å². The second kappa shape index (κ2) is 5.97. The van der Waals surface area contributed by atoms with Gasteiger partial charge in [-0.05, 0) is 34.1 Å². The van der Waals surface area contributed by atoms with Gasteiger partial charge in [-0.25, -0.2) is 4.79 Å². The molecular weight excluding hydrogens is 369 g/mol. The van der Waals surface area contributed by atoms with E-state index in [0.717, 1.165) is 18.2 Å². The van der Waals surface area contributed by atoms with Gasteiger partial charge in [-0.3, -0.25) is 4.72 Å². The van der Waals surface area contributed by atoms with Gasteiger partial charge in [-0.2, -0.15) is 26.3 Å². The molecule has 0 bridgehead atoms. The van der Waals surface area contributed by atoms with Crippen LogP contribution in [0.25, 0.3) is 0 Å². The van der Waals surface area contributed by atoms with Crippen LogP contribution < -0.4 is 9.44 Å². The third-order valence-corrected chi connectivity index (χ3v) is 3.59. The third-order valence-electron chi connectivity index (χ3n) is 1.92. The highest BCUT2D eigenvalue weighted by Crippen LogP contribution is 2.24. The van der Waals surface area contributed by atoms with Crippen molar-refractivity contribution in [2.45, 2.75) is 6.18 Å². The van der Waals surface area contributed by atoms with Crippen molar-refractivity contribution in [2.75, 3.05) is 11.3 Å². The first kappa shape index (κ1) is 16.7. The minimum absolute atomic E-state index is 0.0785. The Morgan fingerprint density at radius 2 is 1.95 bits per heavy atom. The van der Waals surface area contributed by atoms with Crippen molar-refractivity contribution in [1.29, 1.82) is 0 Å². The molecule has 3 N–H and O–H groups in total. The van der Waals surface area contributed by atoms with Crippen molar-refractivity contribution in [1.82, 2.24) is 4.72 Å². The summed E-state index contributed by atoms with van der Waals surface area (Å²) < 4.78 is 61.7. The van der Waals surface area contributed by atoms with Crippen LogP contribution >= 0.6 is 15.9 Å². The van der Waals surface area contributed by atoms with Crippen molar-refractivity contribution in [3.05, 3.63) is 28.2 Å². The summed E-state index contributed by atoms with van der Waals surface area (Å²) in [7, 11) is -4.42. The van der Waals surface area contributed by atoms with Crippen LogP contribution in [0.5, 0.6) is 0 Å². The number of hydrogen-bond acceptors (Lipinski definition) is 3. The molecular formula is C9H8BrF3N2O4S. The molecule has 0 fully saturated rings. The lowest BCUT2D eigenvalue weighted by Gasteiger charge is -2.12. The van der Waals surface area contributed by atoms with Gasteiger partial charge in [-0.1, -0.05) is 0 Å². The Bertz CT molecular complexity index is 618. The van der Waals surface area contributed by atoms with Gasteiger partial charge in [0.05, 0.1) is 11.3 Å². The van der Waals surface area contributed by atoms with Gasteiger partial charge in [-0.15, -0.1) is 0 Å². The summed E-state index contributed by atoms with van der Waals surface area (Å²) in [4.78, 5) is 10.7. The Balaban J connectivity index is 2.85. The van der Waals surface area contributed by atoms with Gasteiger partial charge in [0, 0.05) is 4.47 Å². The molecule has 0 heterocycles. The van der Waals surface area contributed by atoms with Crippen molar-refractivity contribution in [2.24, 2.45) is 0 Å². The molecule has 11 heteroatoms. The summed E-state index contributed by atoms with van der Waals surface area (Å²) in [6.07, 6.45) is -4.68. The van der Waals surface area contributed by atoms with Gasteiger partial charge in [0.15, 0.2) is 0 Å². The molecule has 0 aliphatic rings. The average molecular weight is 377 g/mol. The van der Waals surface area contributed by atoms with E-state index in [1.165, 1.54) is 4.72 Å². The molecule has 0 unspecified atom stereocenters. The molecule has 20 heavy (non-hydrogen) atoms. The first-order valence-electron chi connectivity index (χ1n) is 4.87. The molecule has 112 valence electrons. The van der Waals surface area contributed by atoms with E-state index in [-0.39, 0.29) is 15.7 Å². The molecule has 0 saturated heterocycles. The number of carboxylic acid groups (broad SMARTS) is 1. The lowest BCUT2D eigenvalue weighted by molar-refractivity contribution is -0.121. The maximum atomic E-state index is 11.9. The third kappa shape index (κ3) is 5.35. The van der Waals surface area contributed by atoms with Crippen LogP contribution in [-0.2, 0) is 10.2 Å². The fourth-order valence-electron chi connectivity index (χ4n) is 1.09. The minimum atomic E-state index is -4.68. The number of alkyl halides is 3. The first-order chi connectivity index (χ1) is 9.00. The maximum absolute atomic E-state index is 11.9. The molecule has 1 aromatic carbocycles. The molecule has 0 radical (unpaired) electrons. The smallest absolute Gasteiger partial charge is 0.402 e. The Morgan fingerprint density at radius 3 is 2.40 bits per heavy atom. The molecule has 0 saturated carbocycles. The zero-order valence-corrected chi connectivity index (χ0v) is 11.9. The maximum Gasteiger partial charge on any atom is 0.402 e. The highest BCUT2D eigenvalue weighted by atomic mass is 79.9. The summed E-state index contributed by atoms with van der Waals surface area (Å²) >= 11 is 2.92. The normalized spacial score (nSPS) is 12.2. The number of carbonyl (C=O) groups is 1. The van der Waals surface area contributed by atoms with E-state index in [4.69, 9.17) is 5.11 Å². The average Bonchev–Trinajstić information content (AvgIpc) is 2.28. The van der Waals surface area contributed by atoms with Crippen LogP contribution in [0.2, 0.25) is 0 Å². The first-order valence-corrected chi connectivity index (χ1v) is 7.15. The van der Waals surface area contributed by atoms with Gasteiger partial charge in [0.25, 0.3) is 10.2 Å². The summed E-state index contributed by atoms with van der Waals surface area (Å²) in [6.45, 7) is -1.72. The van der Waals surface area contributed by atoms with Crippen LogP contribution in [0, 0.1) is 0 Å². The van der Waals surface area contributed by atoms with E-state index in [1.54, 1.807) is 0 Å². The molecule has 0 aromatic heterocycles. The Morgan fingerprint density at radius 1 is 1.35 bits per heavy atom. The molecule has 0 spiro atoms. The monoisotopic (exact) mass is 376 g/mol. The number of hydrogen-bond donors (Lipinski definition) is 3. The largest absolute Gasteiger partial charge is 0.478 e. The highest BCUT2D eigenvalue weighted by molar-refractivity contribution is 9.10. The molecule has 0 atom stereocenters. The molecule has 1 aromatic rings. The number of rotatable bonds is 5. The van der Waals surface area contributed by atoms with Crippen LogP contribution in [0.1, 0.15) is 10.4 Å². The van der Waals surface area contributed by atoms with E-state index in [0.29, 0.717) is 0 Å². The number of nitrogens with one attached hydrogen (secondary N) is 2. The summed E-state index contributed by atoms with van der Waals surface area (Å²) in [5, 5.41) is 8.71. The number of carboxylic acids is 1. The van der Waals surface area contributed by atoms with Gasteiger partial charge >= 0.3 is 12.1 Å². The zero-order valence-electron chi connectivity index (χ0n) is 9.53. The highest BCUT2D eigenvalue weighted by Gasteiger charge is 2.29. The molecule has 6 nitrogen and oxygen atoms in total. The zero-order chi connectivity index (χ0) is 15.6. The Labute approximate surface area is 120 Å². The second-order valence-corrected chi connectivity index (χ2v) is 5.90. The second-order valence-electron chi connectivity index (χ2n) is 3.54. The fourth-order valence-corrected chi connectivity index (χ4v) is 2.59. The van der Waals surface area contributed by atoms with Crippen LogP contribution in [0.15, 0.2) is 22.7 Å². The predicted octanol–water partition coefficient (Wildman–Crippen LogP) is 1.96. The predicted molar refractivity (Wildman–Crippen MR) is 67.7 cm³/mol. The fraction of sp³-hybridized carbons (Fsp3) is 0.222. The van der Waals surface area contributed by atoms with Crippen molar-refractivity contribution >= 4 is 37.8 Å². The standard InChI is InChI=1S/C9H8BrF3N2O4S/c10-6-3-5(8(16)17)1-2-7(6)15-20(18,19)14-4-9(11,12)13/h1-3,14-15H,4H2,(H,16,17). The Hall–Kier alpha value is -1.33. The van der Waals surface area contributed by atoms with Gasteiger partial charge < -0.3 is 5.11 Å². The van der Waals surface area contributed by atoms with Crippen LogP contribution in [-0.4, -0.2) is 32.2 Å². The summed E-state index contributed by atoms with van der Waals surface area (Å²) in [5.41, 5.74) is -0.201. The van der Waals surface area contributed by atoms with Crippen molar-refractivity contribution < 1.29 is 31.5 Å². The van der Waals surface area contributed by atoms with Gasteiger partial charge in [0.2, 0.25) is 0 Å². The number of aromatic carboxylic acids is 1. The topological polar surface area (TPSA) is 95.5 Å². The van der Waals surface area contributed by atoms with Gasteiger partial charge in [0.1, 0.15) is 6.54 Å².